The maximum Gasteiger partial charge on any atom is 0.233 e. The molecule has 2 saturated heterocycles. The highest BCUT2D eigenvalue weighted by Gasteiger charge is 2.50. The van der Waals surface area contributed by atoms with Gasteiger partial charge in [-0.2, -0.15) is 0 Å². The van der Waals surface area contributed by atoms with E-state index in [9.17, 15) is 9.90 Å². The summed E-state index contributed by atoms with van der Waals surface area (Å²) >= 11 is 6.04. The largest absolute Gasteiger partial charge is 0.396 e. The SMILES string of the molecule is O=C(N1C[C@@H](CO)[C@@H](CN2CCCC2)C1)C1(c2ccc(Cl)cc2)CCC1. The van der Waals surface area contributed by atoms with Gasteiger partial charge in [-0.1, -0.05) is 30.2 Å². The second-order valence-electron chi connectivity index (χ2n) is 8.36. The number of carbonyl (C=O) groups is 1. The van der Waals surface area contributed by atoms with Crippen LogP contribution in [0.3, 0.4) is 0 Å². The van der Waals surface area contributed by atoms with E-state index in [4.69, 9.17) is 11.6 Å². The van der Waals surface area contributed by atoms with Crippen molar-refractivity contribution in [2.24, 2.45) is 11.8 Å². The van der Waals surface area contributed by atoms with Gasteiger partial charge in [0.25, 0.3) is 0 Å². The molecule has 0 unspecified atom stereocenters. The van der Waals surface area contributed by atoms with Crippen molar-refractivity contribution in [3.05, 3.63) is 34.9 Å². The molecule has 26 heavy (non-hydrogen) atoms. The molecule has 0 radical (unpaired) electrons. The molecule has 2 heterocycles. The first-order chi connectivity index (χ1) is 12.6. The van der Waals surface area contributed by atoms with Crippen LogP contribution in [0.5, 0.6) is 0 Å². The number of aliphatic hydroxyl groups excluding tert-OH is 1. The van der Waals surface area contributed by atoms with Gasteiger partial charge in [0.1, 0.15) is 0 Å². The van der Waals surface area contributed by atoms with Crippen LogP contribution in [0, 0.1) is 11.8 Å². The van der Waals surface area contributed by atoms with Gasteiger partial charge in [-0.15, -0.1) is 0 Å². The molecule has 2 aliphatic heterocycles. The molecule has 3 fully saturated rings. The molecule has 1 aromatic carbocycles. The fourth-order valence-corrected chi connectivity index (χ4v) is 5.17. The van der Waals surface area contributed by atoms with E-state index in [1.165, 1.54) is 12.8 Å². The molecule has 1 N–H and O–H groups in total. The molecule has 1 aliphatic carbocycles. The highest BCUT2D eigenvalue weighted by molar-refractivity contribution is 6.30. The Morgan fingerprint density at radius 1 is 1.08 bits per heavy atom. The highest BCUT2D eigenvalue weighted by Crippen LogP contribution is 2.46. The molecule has 0 aromatic heterocycles. The zero-order chi connectivity index (χ0) is 18.1. The molecule has 2 atom stereocenters. The van der Waals surface area contributed by atoms with E-state index in [-0.39, 0.29) is 23.8 Å². The van der Waals surface area contributed by atoms with Crippen molar-refractivity contribution in [3.8, 4) is 0 Å². The maximum atomic E-state index is 13.5. The van der Waals surface area contributed by atoms with E-state index in [2.05, 4.69) is 4.90 Å². The Hall–Kier alpha value is -1.10. The Morgan fingerprint density at radius 3 is 2.31 bits per heavy atom. The van der Waals surface area contributed by atoms with Crippen molar-refractivity contribution in [2.75, 3.05) is 39.3 Å². The second-order valence-corrected chi connectivity index (χ2v) is 8.80. The third kappa shape index (κ3) is 3.28. The third-order valence-electron chi connectivity index (χ3n) is 6.80. The number of carbonyl (C=O) groups excluding carboxylic acids is 1. The predicted molar refractivity (Wildman–Crippen MR) is 103 cm³/mol. The average molecular weight is 377 g/mol. The lowest BCUT2D eigenvalue weighted by atomic mass is 9.63. The van der Waals surface area contributed by atoms with Crippen LogP contribution in [0.1, 0.15) is 37.7 Å². The Bertz CT molecular complexity index is 638. The molecule has 4 nitrogen and oxygen atoms in total. The summed E-state index contributed by atoms with van der Waals surface area (Å²) in [7, 11) is 0. The van der Waals surface area contributed by atoms with Crippen molar-refractivity contribution in [1.82, 2.24) is 9.80 Å². The molecule has 5 heteroatoms. The summed E-state index contributed by atoms with van der Waals surface area (Å²) in [5.41, 5.74) is 0.731. The Kier molecular flexibility index (Phi) is 5.27. The second kappa shape index (κ2) is 7.49. The van der Waals surface area contributed by atoms with Crippen molar-refractivity contribution in [2.45, 2.75) is 37.5 Å². The molecule has 3 aliphatic rings. The lowest BCUT2D eigenvalue weighted by Gasteiger charge is -2.43. The number of hydrogen-bond acceptors (Lipinski definition) is 3. The number of amides is 1. The zero-order valence-corrected chi connectivity index (χ0v) is 16.1. The first-order valence-electron chi connectivity index (χ1n) is 10.0. The van der Waals surface area contributed by atoms with Crippen LogP contribution in [0.4, 0.5) is 0 Å². The first-order valence-corrected chi connectivity index (χ1v) is 10.4. The molecular formula is C21H29ClN2O2. The summed E-state index contributed by atoms with van der Waals surface area (Å²) in [6, 6.07) is 7.81. The van der Waals surface area contributed by atoms with E-state index in [1.807, 2.05) is 29.2 Å². The Labute approximate surface area is 161 Å². The fraction of sp³-hybridized carbons (Fsp3) is 0.667. The van der Waals surface area contributed by atoms with E-state index >= 15 is 0 Å². The smallest absolute Gasteiger partial charge is 0.233 e. The van der Waals surface area contributed by atoms with Crippen LogP contribution in [0.25, 0.3) is 0 Å². The summed E-state index contributed by atoms with van der Waals surface area (Å²) in [5.74, 6) is 0.861. The van der Waals surface area contributed by atoms with E-state index in [0.29, 0.717) is 17.5 Å². The van der Waals surface area contributed by atoms with E-state index in [0.717, 1.165) is 51.0 Å². The standard InChI is InChI=1S/C21H29ClN2O2/c22-19-6-4-18(5-7-19)21(8-3-9-21)20(26)24-13-16(17(14-24)15-25)12-23-10-1-2-11-23/h4-7,16-17,25H,1-3,8-15H2/t16-,17-/m0/s1. The van der Waals surface area contributed by atoms with Gasteiger partial charge in [0.05, 0.1) is 5.41 Å². The minimum Gasteiger partial charge on any atom is -0.396 e. The average Bonchev–Trinajstić information content (AvgIpc) is 3.25. The lowest BCUT2D eigenvalue weighted by Crippen LogP contribution is -2.50. The van der Waals surface area contributed by atoms with Crippen LogP contribution in [-0.2, 0) is 10.2 Å². The maximum absolute atomic E-state index is 13.5. The van der Waals surface area contributed by atoms with Gasteiger partial charge in [0.2, 0.25) is 5.91 Å². The summed E-state index contributed by atoms with van der Waals surface area (Å²) in [5, 5.41) is 10.6. The van der Waals surface area contributed by atoms with Gasteiger partial charge in [0.15, 0.2) is 0 Å². The number of rotatable bonds is 5. The topological polar surface area (TPSA) is 43.8 Å². The Morgan fingerprint density at radius 2 is 1.73 bits per heavy atom. The third-order valence-corrected chi connectivity index (χ3v) is 7.05. The van der Waals surface area contributed by atoms with Gasteiger partial charge in [0, 0.05) is 37.2 Å². The fourth-order valence-electron chi connectivity index (χ4n) is 5.04. The van der Waals surface area contributed by atoms with Gasteiger partial charge in [-0.05, 0) is 62.4 Å². The molecule has 1 saturated carbocycles. The van der Waals surface area contributed by atoms with Gasteiger partial charge in [-0.25, -0.2) is 0 Å². The normalized spacial score (nSPS) is 28.3. The summed E-state index contributed by atoms with van der Waals surface area (Å²) in [4.78, 5) is 18.0. The van der Waals surface area contributed by atoms with Crippen molar-refractivity contribution >= 4 is 17.5 Å². The van der Waals surface area contributed by atoms with Gasteiger partial charge < -0.3 is 14.9 Å². The number of halogens is 1. The lowest BCUT2D eigenvalue weighted by molar-refractivity contribution is -0.140. The number of benzene rings is 1. The molecule has 1 aromatic rings. The number of hydrogen-bond donors (Lipinski definition) is 1. The monoisotopic (exact) mass is 376 g/mol. The predicted octanol–water partition coefficient (Wildman–Crippen LogP) is 2.92. The summed E-state index contributed by atoms with van der Waals surface area (Å²) in [6.45, 7) is 5.01. The highest BCUT2D eigenvalue weighted by atomic mass is 35.5. The zero-order valence-electron chi connectivity index (χ0n) is 15.4. The molecule has 0 spiro atoms. The van der Waals surface area contributed by atoms with Crippen molar-refractivity contribution in [1.29, 1.82) is 0 Å². The number of likely N-dealkylation sites (tertiary alicyclic amines) is 2. The van der Waals surface area contributed by atoms with Crippen LogP contribution >= 0.6 is 11.6 Å². The van der Waals surface area contributed by atoms with Crippen LogP contribution in [0.2, 0.25) is 5.02 Å². The van der Waals surface area contributed by atoms with Crippen LogP contribution in [0.15, 0.2) is 24.3 Å². The Balaban J connectivity index is 1.49. The molecule has 0 bridgehead atoms. The molecular weight excluding hydrogens is 348 g/mol. The first kappa shape index (κ1) is 18.3. The van der Waals surface area contributed by atoms with Crippen LogP contribution < -0.4 is 0 Å². The summed E-state index contributed by atoms with van der Waals surface area (Å²) < 4.78 is 0. The molecule has 1 amide bonds. The number of aliphatic hydroxyl groups is 1. The van der Waals surface area contributed by atoms with Crippen molar-refractivity contribution in [3.63, 3.8) is 0 Å². The summed E-state index contributed by atoms with van der Waals surface area (Å²) in [6.07, 6.45) is 5.50. The van der Waals surface area contributed by atoms with E-state index in [1.54, 1.807) is 0 Å². The van der Waals surface area contributed by atoms with Gasteiger partial charge >= 0.3 is 0 Å². The van der Waals surface area contributed by atoms with E-state index < -0.39 is 0 Å². The molecule has 142 valence electrons. The number of nitrogens with zero attached hydrogens (tertiary/aromatic N) is 2. The minimum absolute atomic E-state index is 0.177. The quantitative estimate of drug-likeness (QED) is 0.859. The molecule has 4 rings (SSSR count). The van der Waals surface area contributed by atoms with Gasteiger partial charge in [-0.3, -0.25) is 4.79 Å². The van der Waals surface area contributed by atoms with Crippen LogP contribution in [-0.4, -0.2) is 60.1 Å². The minimum atomic E-state index is -0.368. The van der Waals surface area contributed by atoms with Crippen molar-refractivity contribution < 1.29 is 9.90 Å².